The van der Waals surface area contributed by atoms with Crippen molar-refractivity contribution in [2.24, 2.45) is 5.92 Å². The quantitative estimate of drug-likeness (QED) is 0.0361. The van der Waals surface area contributed by atoms with Gasteiger partial charge in [0.15, 0.2) is 5.78 Å². The van der Waals surface area contributed by atoms with Gasteiger partial charge < -0.3 is 23.9 Å². The van der Waals surface area contributed by atoms with Gasteiger partial charge in [-0.05, 0) is 61.6 Å². The Hall–Kier alpha value is -4.60. The smallest absolute Gasteiger partial charge is 0.379 e. The van der Waals surface area contributed by atoms with E-state index in [1.54, 1.807) is 24.3 Å². The molecule has 0 aliphatic heterocycles. The number of nitrogens with zero attached hydrogens (tertiary/aromatic N) is 1. The van der Waals surface area contributed by atoms with E-state index in [0.717, 1.165) is 60.1 Å². The van der Waals surface area contributed by atoms with Crippen molar-refractivity contribution < 1.29 is 38.5 Å². The number of unbranched alkanes of at least 4 members (excludes halogenated alkanes) is 2. The van der Waals surface area contributed by atoms with Crippen molar-refractivity contribution in [1.82, 2.24) is 4.57 Å². The second kappa shape index (κ2) is 18.1. The van der Waals surface area contributed by atoms with Crippen LogP contribution in [0.1, 0.15) is 78.7 Å². The third-order valence-corrected chi connectivity index (χ3v) is 8.41. The van der Waals surface area contributed by atoms with Crippen molar-refractivity contribution in [2.45, 2.75) is 65.0 Å². The van der Waals surface area contributed by atoms with Crippen LogP contribution in [0.3, 0.4) is 0 Å². The molecule has 0 aliphatic rings. The highest BCUT2D eigenvalue weighted by Crippen LogP contribution is 2.33. The van der Waals surface area contributed by atoms with Crippen LogP contribution in [0.25, 0.3) is 21.8 Å². The monoisotopic (exact) mass is 655 g/mol. The summed E-state index contributed by atoms with van der Waals surface area (Å²) in [6.45, 7) is 8.59. The summed E-state index contributed by atoms with van der Waals surface area (Å²) in [7, 11) is 0. The fourth-order valence-corrected chi connectivity index (χ4v) is 5.68. The van der Waals surface area contributed by atoms with Gasteiger partial charge in [0.1, 0.15) is 12.7 Å². The highest BCUT2D eigenvalue weighted by molar-refractivity contribution is 6.41. The maximum Gasteiger partial charge on any atom is 0.379 e. The normalized spacial score (nSPS) is 12.5. The summed E-state index contributed by atoms with van der Waals surface area (Å²) in [5.41, 5.74) is 3.16. The molecule has 1 N–H and O–H groups in total. The maximum absolute atomic E-state index is 13.4. The Morgan fingerprint density at radius 3 is 2.15 bits per heavy atom. The zero-order chi connectivity index (χ0) is 34.5. The summed E-state index contributed by atoms with van der Waals surface area (Å²) in [6.07, 6.45) is 5.57. The number of benzene rings is 3. The van der Waals surface area contributed by atoms with E-state index in [-0.39, 0.29) is 24.6 Å². The van der Waals surface area contributed by atoms with Gasteiger partial charge in [-0.25, -0.2) is 9.59 Å². The number of esters is 2. The second-order valence-corrected chi connectivity index (χ2v) is 11.9. The van der Waals surface area contributed by atoms with Crippen LogP contribution in [0.2, 0.25) is 0 Å². The van der Waals surface area contributed by atoms with Crippen molar-refractivity contribution in [3.05, 3.63) is 96.1 Å². The summed E-state index contributed by atoms with van der Waals surface area (Å²) < 4.78 is 17.7. The highest BCUT2D eigenvalue weighted by Gasteiger charge is 2.23. The molecule has 2 atom stereocenters. The molecule has 48 heavy (non-hydrogen) atoms. The van der Waals surface area contributed by atoms with Crippen LogP contribution in [0.15, 0.2) is 79.4 Å². The number of ketones is 2. The Kier molecular flexibility index (Phi) is 13.6. The molecular weight excluding hydrogens is 610 g/mol. The predicted octanol–water partition coefficient (Wildman–Crippen LogP) is 6.85. The third kappa shape index (κ3) is 9.49. The van der Waals surface area contributed by atoms with Gasteiger partial charge in [-0.15, -0.1) is 0 Å². The number of hydrogen-bond donors (Lipinski definition) is 1. The lowest BCUT2D eigenvalue weighted by molar-refractivity contribution is -0.142. The largest absolute Gasteiger partial charge is 0.463 e. The molecule has 254 valence electrons. The number of Topliss-reactive ketones (excluding diaryl/α,β-unsaturated/α-hetero) is 1. The van der Waals surface area contributed by atoms with E-state index in [4.69, 9.17) is 14.2 Å². The topological polar surface area (TPSA) is 121 Å². The number of hydrogen-bond acceptors (Lipinski definition) is 8. The number of ether oxygens (including phenoxy) is 3. The van der Waals surface area contributed by atoms with E-state index < -0.39 is 30.4 Å². The summed E-state index contributed by atoms with van der Waals surface area (Å²) >= 11 is 0. The summed E-state index contributed by atoms with van der Waals surface area (Å²) in [6, 6.07) is 19.9. The molecule has 0 saturated carbocycles. The molecule has 9 heteroatoms. The van der Waals surface area contributed by atoms with E-state index in [9.17, 15) is 24.3 Å². The molecule has 0 amide bonds. The summed E-state index contributed by atoms with van der Waals surface area (Å²) in [5, 5.41) is 11.8. The van der Waals surface area contributed by atoms with Gasteiger partial charge in [0.25, 0.3) is 5.78 Å². The van der Waals surface area contributed by atoms with Crippen molar-refractivity contribution in [3.8, 4) is 0 Å². The van der Waals surface area contributed by atoms with Gasteiger partial charge in [-0.2, -0.15) is 0 Å². The van der Waals surface area contributed by atoms with Crippen molar-refractivity contribution in [1.29, 1.82) is 0 Å². The first-order chi connectivity index (χ1) is 23.3. The van der Waals surface area contributed by atoms with Gasteiger partial charge in [0.05, 0.1) is 13.2 Å². The number of carbonyl (C=O) groups is 4. The fraction of sp³-hybridized carbons (Fsp3) is 0.385. The number of aliphatic hydroxyl groups is 1. The first-order valence-corrected chi connectivity index (χ1v) is 16.7. The number of rotatable bonds is 20. The fourth-order valence-electron chi connectivity index (χ4n) is 5.68. The lowest BCUT2D eigenvalue weighted by atomic mass is 9.99. The van der Waals surface area contributed by atoms with E-state index in [0.29, 0.717) is 36.5 Å². The minimum Gasteiger partial charge on any atom is -0.463 e. The molecule has 4 rings (SSSR count). The van der Waals surface area contributed by atoms with Crippen molar-refractivity contribution in [3.63, 3.8) is 0 Å². The molecule has 9 nitrogen and oxygen atoms in total. The summed E-state index contributed by atoms with van der Waals surface area (Å²) in [5.74, 6) is -2.03. The molecule has 0 fully saturated rings. The number of carbonyl (C=O) groups excluding carboxylic acids is 4. The Bertz CT molecular complexity index is 1720. The van der Waals surface area contributed by atoms with Crippen LogP contribution in [0, 0.1) is 5.92 Å². The van der Waals surface area contributed by atoms with E-state index in [1.165, 1.54) is 0 Å². The van der Waals surface area contributed by atoms with Crippen LogP contribution < -0.4 is 0 Å². The van der Waals surface area contributed by atoms with Crippen LogP contribution >= 0.6 is 0 Å². The molecule has 0 saturated heterocycles. The minimum atomic E-state index is -1.11. The molecule has 4 aromatic rings. The molecule has 1 aromatic heterocycles. The predicted molar refractivity (Wildman–Crippen MR) is 185 cm³/mol. The van der Waals surface area contributed by atoms with Gasteiger partial charge in [0.2, 0.25) is 0 Å². The third-order valence-electron chi connectivity index (χ3n) is 8.41. The number of fused-ring (bicyclic) bond motifs is 3. The molecule has 0 radical (unpaired) electrons. The van der Waals surface area contributed by atoms with E-state index in [2.05, 4.69) is 25.0 Å². The Labute approximate surface area is 281 Å². The zero-order valence-corrected chi connectivity index (χ0v) is 27.8. The molecule has 0 bridgehead atoms. The SMILES string of the molecule is C=CC(=O)OCCCCOCC(O)COC(=O)C(=O)c1ccc2c(c1)c1cc(C(=O)c3ccccc3)ccc1n2CC(CC)CCCC. The second-order valence-electron chi connectivity index (χ2n) is 11.9. The van der Waals surface area contributed by atoms with Crippen molar-refractivity contribution >= 4 is 45.3 Å². The van der Waals surface area contributed by atoms with Gasteiger partial charge in [-0.3, -0.25) is 9.59 Å². The lowest BCUT2D eigenvalue weighted by Crippen LogP contribution is -2.27. The molecular formula is C39H45NO8. The first kappa shape index (κ1) is 36.2. The van der Waals surface area contributed by atoms with Crippen molar-refractivity contribution in [2.75, 3.05) is 26.4 Å². The molecule has 0 aliphatic carbocycles. The number of aromatic nitrogens is 1. The van der Waals surface area contributed by atoms with Gasteiger partial charge in [-0.1, -0.05) is 70.0 Å². The Morgan fingerprint density at radius 1 is 0.812 bits per heavy atom. The molecule has 0 spiro atoms. The lowest BCUT2D eigenvalue weighted by Gasteiger charge is -2.17. The summed E-state index contributed by atoms with van der Waals surface area (Å²) in [4.78, 5) is 50.3. The van der Waals surface area contributed by atoms with Crippen LogP contribution in [-0.2, 0) is 30.3 Å². The van der Waals surface area contributed by atoms with Crippen LogP contribution in [0.5, 0.6) is 0 Å². The zero-order valence-electron chi connectivity index (χ0n) is 27.8. The maximum atomic E-state index is 13.4. The average molecular weight is 656 g/mol. The molecule has 3 aromatic carbocycles. The standard InChI is InChI=1S/C39H45NO8/c1-4-7-13-27(5-2)24-40-34-18-16-29(37(43)28-14-9-8-10-15-28)22-32(34)33-23-30(17-19-35(33)40)38(44)39(45)48-26-31(41)25-46-20-11-12-21-47-36(42)6-3/h6,8-10,14-19,22-23,27,31,41H,3-5,7,11-13,20-21,24-26H2,1-2H3. The van der Waals surface area contributed by atoms with Crippen LogP contribution in [0.4, 0.5) is 0 Å². The minimum absolute atomic E-state index is 0.0829. The van der Waals surface area contributed by atoms with Gasteiger partial charge >= 0.3 is 11.9 Å². The Morgan fingerprint density at radius 2 is 1.48 bits per heavy atom. The van der Waals surface area contributed by atoms with E-state index >= 15 is 0 Å². The first-order valence-electron chi connectivity index (χ1n) is 16.7. The molecule has 1 heterocycles. The van der Waals surface area contributed by atoms with E-state index in [1.807, 2.05) is 42.5 Å². The number of aliphatic hydroxyl groups excluding tert-OH is 1. The van der Waals surface area contributed by atoms with Gasteiger partial charge in [0, 0.05) is 57.7 Å². The average Bonchev–Trinajstić information content (AvgIpc) is 3.42. The molecule has 2 unspecified atom stereocenters. The van der Waals surface area contributed by atoms with Crippen LogP contribution in [-0.4, -0.2) is 65.7 Å². The Balaban J connectivity index is 1.49. The highest BCUT2D eigenvalue weighted by atomic mass is 16.6.